The Morgan fingerprint density at radius 2 is 2.05 bits per heavy atom. The summed E-state index contributed by atoms with van der Waals surface area (Å²) in [5.74, 6) is 1.53. The molecule has 10 nitrogen and oxygen atoms in total. The van der Waals surface area contributed by atoms with Crippen molar-refractivity contribution in [3.8, 4) is 17.4 Å². The Bertz CT molecular complexity index is 1320. The number of piperazine rings is 1. The number of likely N-dealkylation sites (N-methyl/N-ethyl adjacent to an activating group) is 2. The van der Waals surface area contributed by atoms with E-state index in [4.69, 9.17) is 9.47 Å². The second-order valence-electron chi connectivity index (χ2n) is 9.02. The zero-order valence-corrected chi connectivity index (χ0v) is 21.1. The number of nitrogens with zero attached hydrogens (tertiary/aromatic N) is 4. The Kier molecular flexibility index (Phi) is 6.91. The van der Waals surface area contributed by atoms with E-state index in [1.165, 1.54) is 0 Å². The van der Waals surface area contributed by atoms with Gasteiger partial charge in [0.1, 0.15) is 23.5 Å². The quantitative estimate of drug-likeness (QED) is 0.507. The molecule has 0 saturated carbocycles. The predicted molar refractivity (Wildman–Crippen MR) is 140 cm³/mol. The third-order valence-corrected chi connectivity index (χ3v) is 6.64. The first-order valence-electron chi connectivity index (χ1n) is 12.4. The molecule has 10 heteroatoms. The van der Waals surface area contributed by atoms with E-state index in [0.29, 0.717) is 36.4 Å². The minimum Gasteiger partial charge on any atom is -0.489 e. The molecular weight excluding hydrogens is 472 g/mol. The van der Waals surface area contributed by atoms with Gasteiger partial charge in [-0.1, -0.05) is 19.1 Å². The molecule has 5 rings (SSSR count). The Balaban J connectivity index is 1.28. The third-order valence-electron chi connectivity index (χ3n) is 6.64. The summed E-state index contributed by atoms with van der Waals surface area (Å²) in [4.78, 5) is 37.6. The molecule has 1 aromatic heterocycles. The smallest absolute Gasteiger partial charge is 0.241 e. The molecule has 0 bridgehead atoms. The standard InChI is InChI=1S/C27H30N6O4/c1-4-32-12-13-33(24(34)16-32)19-7-5-6-18(14-19)30-27-29-11-10-23(31-27)37-20-8-9-21-22(15-20)36-17(2)25(21)26(35)28-3/h5-11,14-15,17,25H,4,12-13,16H2,1-3H3,(H,28,35)(H,29,30,31). The van der Waals surface area contributed by atoms with Crippen LogP contribution in [0.2, 0.25) is 0 Å². The van der Waals surface area contributed by atoms with E-state index in [2.05, 4.69) is 32.4 Å². The van der Waals surface area contributed by atoms with Crippen molar-refractivity contribution < 1.29 is 19.1 Å². The minimum absolute atomic E-state index is 0.0805. The molecule has 0 aliphatic carbocycles. The molecule has 2 aliphatic heterocycles. The van der Waals surface area contributed by atoms with Crippen molar-refractivity contribution in [3.05, 3.63) is 60.3 Å². The van der Waals surface area contributed by atoms with Crippen LogP contribution in [0.15, 0.2) is 54.7 Å². The van der Waals surface area contributed by atoms with Crippen molar-refractivity contribution in [1.82, 2.24) is 20.2 Å². The number of hydrogen-bond acceptors (Lipinski definition) is 8. The zero-order chi connectivity index (χ0) is 25.9. The van der Waals surface area contributed by atoms with Crippen molar-refractivity contribution >= 4 is 29.1 Å². The second-order valence-corrected chi connectivity index (χ2v) is 9.02. The number of hydrogen-bond donors (Lipinski definition) is 2. The summed E-state index contributed by atoms with van der Waals surface area (Å²) in [5.41, 5.74) is 2.43. The molecule has 2 amide bonds. The van der Waals surface area contributed by atoms with Gasteiger partial charge >= 0.3 is 0 Å². The lowest BCUT2D eigenvalue weighted by Gasteiger charge is -2.33. The lowest BCUT2D eigenvalue weighted by Crippen LogP contribution is -2.50. The monoisotopic (exact) mass is 502 g/mol. The summed E-state index contributed by atoms with van der Waals surface area (Å²) >= 11 is 0. The number of rotatable bonds is 7. The van der Waals surface area contributed by atoms with Crippen LogP contribution in [0.5, 0.6) is 17.4 Å². The number of carbonyl (C=O) groups is 2. The fraction of sp³-hybridized carbons (Fsp3) is 0.333. The van der Waals surface area contributed by atoms with Crippen LogP contribution in [-0.4, -0.2) is 66.0 Å². The highest BCUT2D eigenvalue weighted by atomic mass is 16.5. The van der Waals surface area contributed by atoms with E-state index in [1.54, 1.807) is 31.4 Å². The van der Waals surface area contributed by atoms with E-state index in [-0.39, 0.29) is 23.8 Å². The van der Waals surface area contributed by atoms with E-state index in [0.717, 1.165) is 30.0 Å². The van der Waals surface area contributed by atoms with Crippen LogP contribution in [-0.2, 0) is 9.59 Å². The van der Waals surface area contributed by atoms with E-state index < -0.39 is 0 Å². The Morgan fingerprint density at radius 3 is 2.84 bits per heavy atom. The molecular formula is C27H30N6O4. The molecule has 0 radical (unpaired) electrons. The number of benzene rings is 2. The highest BCUT2D eigenvalue weighted by Gasteiger charge is 2.36. The molecule has 192 valence electrons. The highest BCUT2D eigenvalue weighted by Crippen LogP contribution is 2.41. The topological polar surface area (TPSA) is 109 Å². The van der Waals surface area contributed by atoms with Gasteiger partial charge in [0, 0.05) is 55.4 Å². The highest BCUT2D eigenvalue weighted by molar-refractivity contribution is 5.96. The van der Waals surface area contributed by atoms with Crippen molar-refractivity contribution in [2.24, 2.45) is 0 Å². The predicted octanol–water partition coefficient (Wildman–Crippen LogP) is 3.29. The second kappa shape index (κ2) is 10.4. The van der Waals surface area contributed by atoms with Crippen LogP contribution >= 0.6 is 0 Å². The largest absolute Gasteiger partial charge is 0.489 e. The van der Waals surface area contributed by atoms with Crippen LogP contribution in [0.4, 0.5) is 17.3 Å². The van der Waals surface area contributed by atoms with Crippen molar-refractivity contribution in [2.45, 2.75) is 25.9 Å². The molecule has 2 atom stereocenters. The van der Waals surface area contributed by atoms with Crippen LogP contribution in [0, 0.1) is 0 Å². The average molecular weight is 503 g/mol. The Hall–Kier alpha value is -4.18. The SMILES string of the molecule is CCN1CCN(c2cccc(Nc3nccc(Oc4ccc5c(c4)OC(C)C5C(=O)NC)n3)c2)C(=O)C1. The van der Waals surface area contributed by atoms with Gasteiger partial charge < -0.3 is 25.0 Å². The van der Waals surface area contributed by atoms with Gasteiger partial charge in [0.2, 0.25) is 23.6 Å². The van der Waals surface area contributed by atoms with E-state index >= 15 is 0 Å². The Morgan fingerprint density at radius 1 is 1.19 bits per heavy atom. The first-order chi connectivity index (χ1) is 17.9. The maximum atomic E-state index is 12.6. The molecule has 2 unspecified atom stereocenters. The number of amides is 2. The molecule has 2 aromatic carbocycles. The lowest BCUT2D eigenvalue weighted by atomic mass is 9.95. The zero-order valence-electron chi connectivity index (χ0n) is 21.1. The third kappa shape index (κ3) is 5.19. The normalized spacial score (nSPS) is 19.2. The summed E-state index contributed by atoms with van der Waals surface area (Å²) in [6.45, 7) is 6.73. The molecule has 2 aliphatic rings. The first kappa shape index (κ1) is 24.5. The number of aromatic nitrogens is 2. The molecule has 3 aromatic rings. The van der Waals surface area contributed by atoms with Crippen molar-refractivity contribution in [3.63, 3.8) is 0 Å². The van der Waals surface area contributed by atoms with Gasteiger partial charge in [0.25, 0.3) is 0 Å². The lowest BCUT2D eigenvalue weighted by molar-refractivity contribution is -0.123. The summed E-state index contributed by atoms with van der Waals surface area (Å²) in [5, 5.41) is 5.89. The van der Waals surface area contributed by atoms with Gasteiger partial charge in [-0.2, -0.15) is 4.98 Å². The first-order valence-corrected chi connectivity index (χ1v) is 12.4. The number of anilines is 3. The van der Waals surface area contributed by atoms with Crippen molar-refractivity contribution in [2.75, 3.05) is 43.4 Å². The number of fused-ring (bicyclic) bond motifs is 1. The van der Waals surface area contributed by atoms with Crippen LogP contribution in [0.1, 0.15) is 25.3 Å². The summed E-state index contributed by atoms with van der Waals surface area (Å²) in [6, 6.07) is 14.7. The number of nitrogens with one attached hydrogen (secondary N) is 2. The van der Waals surface area contributed by atoms with Crippen LogP contribution in [0.25, 0.3) is 0 Å². The van der Waals surface area contributed by atoms with Crippen LogP contribution < -0.4 is 25.0 Å². The van der Waals surface area contributed by atoms with Gasteiger partial charge in [-0.05, 0) is 37.7 Å². The fourth-order valence-corrected chi connectivity index (χ4v) is 4.69. The van der Waals surface area contributed by atoms with Gasteiger partial charge in [0.05, 0.1) is 6.54 Å². The van der Waals surface area contributed by atoms with Gasteiger partial charge in [-0.3, -0.25) is 14.5 Å². The maximum Gasteiger partial charge on any atom is 0.241 e. The summed E-state index contributed by atoms with van der Waals surface area (Å²) in [7, 11) is 1.62. The molecule has 37 heavy (non-hydrogen) atoms. The number of carbonyl (C=O) groups excluding carboxylic acids is 2. The molecule has 2 N–H and O–H groups in total. The van der Waals surface area contributed by atoms with E-state index in [1.807, 2.05) is 42.2 Å². The average Bonchev–Trinajstić information content (AvgIpc) is 3.23. The van der Waals surface area contributed by atoms with Gasteiger partial charge in [-0.15, -0.1) is 0 Å². The van der Waals surface area contributed by atoms with Crippen LogP contribution in [0.3, 0.4) is 0 Å². The minimum atomic E-state index is -0.356. The molecule has 1 fully saturated rings. The fourth-order valence-electron chi connectivity index (χ4n) is 4.69. The molecule has 3 heterocycles. The Labute approximate surface area is 215 Å². The van der Waals surface area contributed by atoms with Crippen molar-refractivity contribution in [1.29, 1.82) is 0 Å². The van der Waals surface area contributed by atoms with Gasteiger partial charge in [-0.25, -0.2) is 4.98 Å². The summed E-state index contributed by atoms with van der Waals surface area (Å²) in [6.07, 6.45) is 1.34. The molecule has 1 saturated heterocycles. The number of ether oxygens (including phenoxy) is 2. The van der Waals surface area contributed by atoms with E-state index in [9.17, 15) is 9.59 Å². The molecule has 0 spiro atoms. The maximum absolute atomic E-state index is 12.6. The summed E-state index contributed by atoms with van der Waals surface area (Å²) < 4.78 is 11.9. The van der Waals surface area contributed by atoms with Gasteiger partial charge in [0.15, 0.2) is 0 Å².